The molecule has 3 unspecified atom stereocenters. The Labute approximate surface area is 404 Å². The molecular formula is C56H109N2O6P. The standard InChI is InChI=1S/C56H109N2O6P/c1-6-8-10-12-14-16-18-20-22-24-26-27-28-29-30-32-33-35-37-39-41-43-45-47-49-55(59)54(53-64-65(61,62)63-52-51-58(3,4)5)57-56(60)50-48-46-44-42-40-38-36-34-31-25-23-21-19-17-15-13-11-9-7-2/h21,23,39,41,47,49,54-55,59H,6-20,22,24-38,40,42-46,48,50-53H2,1-5H3,(H-,57,60,61,62)/b23-21-,41-39+,49-47+. The van der Waals surface area contributed by atoms with Gasteiger partial charge in [0, 0.05) is 6.42 Å². The number of quaternary nitrogens is 1. The van der Waals surface area contributed by atoms with Crippen molar-refractivity contribution < 1.29 is 32.9 Å². The van der Waals surface area contributed by atoms with E-state index >= 15 is 0 Å². The fraction of sp³-hybridized carbons (Fsp3) is 0.875. The molecule has 0 aliphatic carbocycles. The van der Waals surface area contributed by atoms with Gasteiger partial charge in [-0.3, -0.25) is 9.36 Å². The number of unbranched alkanes of at least 4 members (excludes halogenated alkanes) is 34. The Morgan fingerprint density at radius 2 is 0.862 bits per heavy atom. The number of aliphatic hydroxyl groups excluding tert-OH is 1. The van der Waals surface area contributed by atoms with E-state index in [1.807, 2.05) is 27.2 Å². The Balaban J connectivity index is 4.28. The van der Waals surface area contributed by atoms with E-state index in [-0.39, 0.29) is 12.5 Å². The third-order valence-corrected chi connectivity index (χ3v) is 13.5. The van der Waals surface area contributed by atoms with Crippen molar-refractivity contribution in [1.82, 2.24) is 5.32 Å². The summed E-state index contributed by atoms with van der Waals surface area (Å²) in [6.07, 6.45) is 60.7. The lowest BCUT2D eigenvalue weighted by Gasteiger charge is -2.29. The number of hydrogen-bond donors (Lipinski definition) is 2. The SMILES string of the molecule is CCCCCCCC/C=C\CCCCCCCCCCCC(=O)NC(COP(=O)([O-])OCC[N+](C)(C)C)C(O)/C=C/CC/C=C/CCCCCCCCCCCCCCCCCCCC. The monoisotopic (exact) mass is 937 g/mol. The molecule has 0 saturated heterocycles. The molecule has 2 N–H and O–H groups in total. The number of hydrogen-bond acceptors (Lipinski definition) is 6. The number of allylic oxidation sites excluding steroid dienone is 5. The van der Waals surface area contributed by atoms with Gasteiger partial charge in [-0.25, -0.2) is 0 Å². The highest BCUT2D eigenvalue weighted by atomic mass is 31.2. The highest BCUT2D eigenvalue weighted by molar-refractivity contribution is 7.45. The minimum Gasteiger partial charge on any atom is -0.756 e. The van der Waals surface area contributed by atoms with Gasteiger partial charge in [-0.05, 0) is 57.8 Å². The van der Waals surface area contributed by atoms with E-state index in [9.17, 15) is 19.4 Å². The van der Waals surface area contributed by atoms with Crippen LogP contribution in [0.15, 0.2) is 36.5 Å². The third-order valence-electron chi connectivity index (χ3n) is 12.6. The van der Waals surface area contributed by atoms with Crippen molar-refractivity contribution in [1.29, 1.82) is 0 Å². The van der Waals surface area contributed by atoms with Crippen LogP contribution >= 0.6 is 7.82 Å². The molecule has 1 amide bonds. The molecule has 0 spiro atoms. The maximum absolute atomic E-state index is 12.9. The molecule has 384 valence electrons. The van der Waals surface area contributed by atoms with E-state index in [1.54, 1.807) is 6.08 Å². The summed E-state index contributed by atoms with van der Waals surface area (Å²) in [7, 11) is 1.25. The Kier molecular flexibility index (Phi) is 46.8. The number of phosphoric ester groups is 1. The van der Waals surface area contributed by atoms with E-state index in [2.05, 4.69) is 43.5 Å². The van der Waals surface area contributed by atoms with Gasteiger partial charge in [0.05, 0.1) is 39.9 Å². The van der Waals surface area contributed by atoms with Crippen molar-refractivity contribution in [3.63, 3.8) is 0 Å². The lowest BCUT2D eigenvalue weighted by Crippen LogP contribution is -2.45. The molecule has 0 aromatic carbocycles. The number of carbonyl (C=O) groups is 1. The molecule has 0 heterocycles. The topological polar surface area (TPSA) is 108 Å². The molecule has 0 aromatic rings. The molecular weight excluding hydrogens is 828 g/mol. The average Bonchev–Trinajstić information content (AvgIpc) is 3.26. The molecule has 0 aromatic heterocycles. The molecule has 9 heteroatoms. The Morgan fingerprint density at radius 1 is 0.523 bits per heavy atom. The van der Waals surface area contributed by atoms with E-state index in [4.69, 9.17) is 9.05 Å². The second-order valence-electron chi connectivity index (χ2n) is 20.3. The largest absolute Gasteiger partial charge is 0.756 e. The van der Waals surface area contributed by atoms with Crippen LogP contribution in [0.3, 0.4) is 0 Å². The van der Waals surface area contributed by atoms with Crippen LogP contribution in [-0.4, -0.2) is 68.5 Å². The van der Waals surface area contributed by atoms with Crippen molar-refractivity contribution in [2.45, 2.75) is 276 Å². The van der Waals surface area contributed by atoms with Crippen LogP contribution in [-0.2, 0) is 18.4 Å². The fourth-order valence-corrected chi connectivity index (χ4v) is 8.89. The second kappa shape index (κ2) is 47.8. The molecule has 3 atom stereocenters. The van der Waals surface area contributed by atoms with Crippen LogP contribution in [0.5, 0.6) is 0 Å². The molecule has 0 aliphatic rings. The lowest BCUT2D eigenvalue weighted by molar-refractivity contribution is -0.870. The van der Waals surface area contributed by atoms with Gasteiger partial charge < -0.3 is 28.8 Å². The van der Waals surface area contributed by atoms with Crippen molar-refractivity contribution in [2.75, 3.05) is 40.9 Å². The maximum atomic E-state index is 12.9. The molecule has 0 aliphatic heterocycles. The summed E-state index contributed by atoms with van der Waals surface area (Å²) in [5.41, 5.74) is 0. The van der Waals surface area contributed by atoms with Gasteiger partial charge in [-0.15, -0.1) is 0 Å². The minimum absolute atomic E-state index is 0.00614. The highest BCUT2D eigenvalue weighted by Crippen LogP contribution is 2.38. The molecule has 0 radical (unpaired) electrons. The Hall–Kier alpha value is -1.28. The van der Waals surface area contributed by atoms with Crippen molar-refractivity contribution in [3.8, 4) is 0 Å². The van der Waals surface area contributed by atoms with Gasteiger partial charge in [-0.2, -0.15) is 0 Å². The predicted molar refractivity (Wildman–Crippen MR) is 279 cm³/mol. The summed E-state index contributed by atoms with van der Waals surface area (Å²) in [4.78, 5) is 25.5. The summed E-state index contributed by atoms with van der Waals surface area (Å²) in [6, 6.07) is -0.904. The van der Waals surface area contributed by atoms with Crippen LogP contribution in [0.25, 0.3) is 0 Å². The molecule has 8 nitrogen and oxygen atoms in total. The first-order valence-corrected chi connectivity index (χ1v) is 29.3. The zero-order chi connectivity index (χ0) is 47.8. The van der Waals surface area contributed by atoms with E-state index in [0.29, 0.717) is 17.4 Å². The van der Waals surface area contributed by atoms with Crippen LogP contribution in [0, 0.1) is 0 Å². The summed E-state index contributed by atoms with van der Waals surface area (Å²) in [5.74, 6) is -0.207. The summed E-state index contributed by atoms with van der Waals surface area (Å²) >= 11 is 0. The molecule has 0 fully saturated rings. The number of carbonyl (C=O) groups excluding carboxylic acids is 1. The van der Waals surface area contributed by atoms with Gasteiger partial charge in [-0.1, -0.05) is 237 Å². The predicted octanol–water partition coefficient (Wildman–Crippen LogP) is 16.0. The number of rotatable bonds is 51. The molecule has 0 bridgehead atoms. The fourth-order valence-electron chi connectivity index (χ4n) is 8.17. The van der Waals surface area contributed by atoms with Gasteiger partial charge in [0.1, 0.15) is 13.2 Å². The van der Waals surface area contributed by atoms with Gasteiger partial charge >= 0.3 is 0 Å². The zero-order valence-corrected chi connectivity index (χ0v) is 44.6. The number of nitrogens with one attached hydrogen (secondary N) is 1. The van der Waals surface area contributed by atoms with Crippen LogP contribution < -0.4 is 10.2 Å². The van der Waals surface area contributed by atoms with E-state index in [1.165, 1.54) is 205 Å². The van der Waals surface area contributed by atoms with Crippen LogP contribution in [0.1, 0.15) is 264 Å². The number of nitrogens with zero attached hydrogens (tertiary/aromatic N) is 1. The normalized spacial score (nSPS) is 14.3. The van der Waals surface area contributed by atoms with Crippen molar-refractivity contribution in [3.05, 3.63) is 36.5 Å². The first kappa shape index (κ1) is 63.7. The van der Waals surface area contributed by atoms with E-state index in [0.717, 1.165) is 38.5 Å². The summed E-state index contributed by atoms with van der Waals surface area (Å²) in [6.45, 7) is 4.65. The van der Waals surface area contributed by atoms with E-state index < -0.39 is 26.6 Å². The quantitative estimate of drug-likeness (QED) is 0.0272. The third kappa shape index (κ3) is 50.4. The molecule has 65 heavy (non-hydrogen) atoms. The Bertz CT molecular complexity index is 1150. The number of amides is 1. The van der Waals surface area contributed by atoms with Crippen molar-refractivity contribution in [2.24, 2.45) is 0 Å². The lowest BCUT2D eigenvalue weighted by atomic mass is 10.0. The number of likely N-dealkylation sites (N-methyl/N-ethyl adjacent to an activating group) is 1. The summed E-state index contributed by atoms with van der Waals surface area (Å²) in [5, 5.41) is 13.9. The first-order valence-electron chi connectivity index (χ1n) is 27.9. The van der Waals surface area contributed by atoms with Crippen LogP contribution in [0.4, 0.5) is 0 Å². The smallest absolute Gasteiger partial charge is 0.268 e. The average molecular weight is 937 g/mol. The van der Waals surface area contributed by atoms with Gasteiger partial charge in [0.15, 0.2) is 0 Å². The van der Waals surface area contributed by atoms with Gasteiger partial charge in [0.25, 0.3) is 7.82 Å². The highest BCUT2D eigenvalue weighted by Gasteiger charge is 2.23. The van der Waals surface area contributed by atoms with Gasteiger partial charge in [0.2, 0.25) is 5.91 Å². The maximum Gasteiger partial charge on any atom is 0.268 e. The second-order valence-corrected chi connectivity index (χ2v) is 21.7. The van der Waals surface area contributed by atoms with Crippen LogP contribution in [0.2, 0.25) is 0 Å². The Morgan fingerprint density at radius 3 is 1.25 bits per heavy atom. The minimum atomic E-state index is -4.60. The molecule has 0 saturated carbocycles. The molecule has 0 rings (SSSR count). The first-order chi connectivity index (χ1) is 31.5. The van der Waals surface area contributed by atoms with Crippen molar-refractivity contribution >= 4 is 13.7 Å². The summed E-state index contributed by atoms with van der Waals surface area (Å²) < 4.78 is 23.3. The number of aliphatic hydroxyl groups is 1. The zero-order valence-electron chi connectivity index (χ0n) is 43.7. The number of phosphoric acid groups is 1.